The van der Waals surface area contributed by atoms with Gasteiger partial charge in [-0.2, -0.15) is 26.3 Å². The maximum absolute atomic E-state index is 13.9. The van der Waals surface area contributed by atoms with E-state index in [-0.39, 0.29) is 17.7 Å². The number of aromatic nitrogens is 1. The summed E-state index contributed by atoms with van der Waals surface area (Å²) in [5, 5.41) is 2.67. The van der Waals surface area contributed by atoms with Gasteiger partial charge in [-0.25, -0.2) is 4.39 Å². The topological polar surface area (TPSA) is 42.0 Å². The predicted octanol–water partition coefficient (Wildman–Crippen LogP) is 7.48. The third-order valence-corrected chi connectivity index (χ3v) is 6.20. The van der Waals surface area contributed by atoms with E-state index >= 15 is 0 Å². The first-order valence-electron chi connectivity index (χ1n) is 11.6. The minimum absolute atomic E-state index is 0.00374. The number of alkyl halides is 6. The fraction of sp³-hybridized carbons (Fsp3) is 0.172. The molecule has 3 aromatic carbocycles. The molecule has 0 saturated heterocycles. The highest BCUT2D eigenvalue weighted by Crippen LogP contribution is 2.38. The van der Waals surface area contributed by atoms with Crippen LogP contribution in [0.15, 0.2) is 91.1 Å². The van der Waals surface area contributed by atoms with Gasteiger partial charge in [0.05, 0.1) is 16.8 Å². The number of benzene rings is 3. The Kier molecular flexibility index (Phi) is 7.50. The van der Waals surface area contributed by atoms with Gasteiger partial charge in [-0.15, -0.1) is 0 Å². The lowest BCUT2D eigenvalue weighted by Crippen LogP contribution is -2.49. The molecule has 39 heavy (non-hydrogen) atoms. The highest BCUT2D eigenvalue weighted by molar-refractivity contribution is 5.95. The summed E-state index contributed by atoms with van der Waals surface area (Å²) in [5.74, 6) is -2.62. The molecule has 0 aliphatic rings. The Morgan fingerprint density at radius 1 is 0.795 bits per heavy atom. The van der Waals surface area contributed by atoms with Crippen LogP contribution in [0.1, 0.15) is 43.9 Å². The van der Waals surface area contributed by atoms with Crippen LogP contribution in [0, 0.1) is 12.7 Å². The SMILES string of the molecule is Cc1ccc(C(Cc2ccccc2)(NC(=O)c2ccc(F)c(C(F)(F)F)c2)c2cccc(C(F)(F)F)c2)nc1. The van der Waals surface area contributed by atoms with Crippen molar-refractivity contribution in [3.8, 4) is 0 Å². The average Bonchev–Trinajstić information content (AvgIpc) is 2.88. The molecule has 0 bridgehead atoms. The second kappa shape index (κ2) is 10.5. The van der Waals surface area contributed by atoms with E-state index in [1.807, 2.05) is 0 Å². The van der Waals surface area contributed by atoms with Crippen molar-refractivity contribution in [3.05, 3.63) is 136 Å². The van der Waals surface area contributed by atoms with Crippen molar-refractivity contribution in [3.63, 3.8) is 0 Å². The van der Waals surface area contributed by atoms with Crippen LogP contribution in [-0.4, -0.2) is 10.9 Å². The zero-order valence-electron chi connectivity index (χ0n) is 20.4. The molecule has 0 saturated carbocycles. The lowest BCUT2D eigenvalue weighted by molar-refractivity contribution is -0.140. The normalized spacial score (nSPS) is 13.5. The first kappa shape index (κ1) is 27.8. The van der Waals surface area contributed by atoms with Crippen LogP contribution in [0.25, 0.3) is 0 Å². The number of pyridine rings is 1. The number of halogens is 7. The first-order valence-corrected chi connectivity index (χ1v) is 11.6. The average molecular weight is 546 g/mol. The van der Waals surface area contributed by atoms with Gasteiger partial charge in [0.2, 0.25) is 0 Å². The number of hydrogen-bond acceptors (Lipinski definition) is 2. The minimum atomic E-state index is -5.07. The second-order valence-electron chi connectivity index (χ2n) is 9.01. The Bertz CT molecular complexity index is 1470. The smallest absolute Gasteiger partial charge is 0.337 e. The number of hydrogen-bond donors (Lipinski definition) is 1. The maximum Gasteiger partial charge on any atom is 0.419 e. The quantitative estimate of drug-likeness (QED) is 0.255. The maximum atomic E-state index is 13.9. The molecular formula is C29H21F7N2O. The number of rotatable bonds is 6. The summed E-state index contributed by atoms with van der Waals surface area (Å²) >= 11 is 0. The number of amides is 1. The summed E-state index contributed by atoms with van der Waals surface area (Å²) < 4.78 is 95.1. The Morgan fingerprint density at radius 2 is 1.49 bits per heavy atom. The van der Waals surface area contributed by atoms with Crippen molar-refractivity contribution in [1.29, 1.82) is 0 Å². The van der Waals surface area contributed by atoms with Crippen LogP contribution in [-0.2, 0) is 24.3 Å². The van der Waals surface area contributed by atoms with Crippen LogP contribution >= 0.6 is 0 Å². The Labute approximate surface area is 219 Å². The standard InChI is InChI=1S/C29H21F7N2O/c1-18-10-13-25(37-17-18)27(16-19-6-3-2-4-7-19,21-8-5-9-22(15-21)28(31,32)33)38-26(39)20-11-12-24(30)23(14-20)29(34,35)36/h2-15,17H,16H2,1H3,(H,38,39). The van der Waals surface area contributed by atoms with Gasteiger partial charge >= 0.3 is 12.4 Å². The number of nitrogens with zero attached hydrogens (tertiary/aromatic N) is 1. The summed E-state index contributed by atoms with van der Waals surface area (Å²) in [4.78, 5) is 17.9. The van der Waals surface area contributed by atoms with Crippen molar-refractivity contribution < 1.29 is 35.5 Å². The summed E-state index contributed by atoms with van der Waals surface area (Å²) in [6.45, 7) is 1.75. The molecule has 10 heteroatoms. The fourth-order valence-corrected chi connectivity index (χ4v) is 4.25. The first-order chi connectivity index (χ1) is 18.3. The van der Waals surface area contributed by atoms with E-state index in [0.717, 1.165) is 23.8 Å². The molecule has 1 atom stereocenters. The molecule has 1 unspecified atom stereocenters. The third kappa shape index (κ3) is 6.10. The van der Waals surface area contributed by atoms with Crippen LogP contribution in [0.5, 0.6) is 0 Å². The van der Waals surface area contributed by atoms with E-state index < -0.39 is 46.3 Å². The molecule has 0 aliphatic heterocycles. The highest BCUT2D eigenvalue weighted by Gasteiger charge is 2.41. The van der Waals surface area contributed by atoms with Crippen LogP contribution < -0.4 is 5.32 Å². The monoisotopic (exact) mass is 546 g/mol. The predicted molar refractivity (Wildman–Crippen MR) is 130 cm³/mol. The molecule has 3 nitrogen and oxygen atoms in total. The van der Waals surface area contributed by atoms with Gasteiger partial charge < -0.3 is 5.32 Å². The lowest BCUT2D eigenvalue weighted by atomic mass is 9.79. The summed E-state index contributed by atoms with van der Waals surface area (Å²) in [7, 11) is 0. The lowest BCUT2D eigenvalue weighted by Gasteiger charge is -2.36. The molecule has 0 fully saturated rings. The van der Waals surface area contributed by atoms with Crippen LogP contribution in [0.2, 0.25) is 0 Å². The molecule has 4 aromatic rings. The Hall–Kier alpha value is -4.21. The van der Waals surface area contributed by atoms with Gasteiger partial charge in [-0.1, -0.05) is 48.5 Å². The van der Waals surface area contributed by atoms with E-state index in [4.69, 9.17) is 0 Å². The minimum Gasteiger partial charge on any atom is -0.337 e. The molecular weight excluding hydrogens is 525 g/mol. The molecule has 1 heterocycles. The molecule has 4 rings (SSSR count). The van der Waals surface area contributed by atoms with Crippen molar-refractivity contribution in [2.45, 2.75) is 31.2 Å². The van der Waals surface area contributed by atoms with Crippen molar-refractivity contribution >= 4 is 5.91 Å². The fourth-order valence-electron chi connectivity index (χ4n) is 4.25. The number of aryl methyl sites for hydroxylation is 1. The number of carbonyl (C=O) groups excluding carboxylic acids is 1. The van der Waals surface area contributed by atoms with E-state index in [1.54, 1.807) is 43.3 Å². The van der Waals surface area contributed by atoms with E-state index in [1.165, 1.54) is 24.4 Å². The third-order valence-electron chi connectivity index (χ3n) is 6.20. The molecule has 202 valence electrons. The van der Waals surface area contributed by atoms with E-state index in [2.05, 4.69) is 10.3 Å². The summed E-state index contributed by atoms with van der Waals surface area (Å²) in [6, 6.07) is 17.8. The molecule has 0 aliphatic carbocycles. The molecule has 1 aromatic heterocycles. The highest BCUT2D eigenvalue weighted by atomic mass is 19.4. The van der Waals surface area contributed by atoms with Crippen molar-refractivity contribution in [1.82, 2.24) is 10.3 Å². The van der Waals surface area contributed by atoms with E-state index in [0.29, 0.717) is 17.7 Å². The summed E-state index contributed by atoms with van der Waals surface area (Å²) in [6.07, 6.45) is -8.41. The molecule has 1 N–H and O–H groups in total. The summed E-state index contributed by atoms with van der Waals surface area (Å²) in [5.41, 5.74) is -3.41. The van der Waals surface area contributed by atoms with Gasteiger partial charge in [0.1, 0.15) is 11.4 Å². The molecule has 0 radical (unpaired) electrons. The molecule has 0 spiro atoms. The Morgan fingerprint density at radius 3 is 2.10 bits per heavy atom. The second-order valence-corrected chi connectivity index (χ2v) is 9.01. The van der Waals surface area contributed by atoms with E-state index in [9.17, 15) is 35.5 Å². The van der Waals surface area contributed by atoms with Gasteiger partial charge in [0.15, 0.2) is 0 Å². The van der Waals surface area contributed by atoms with Gasteiger partial charge in [0, 0.05) is 18.2 Å². The Balaban J connectivity index is 1.94. The largest absolute Gasteiger partial charge is 0.419 e. The number of carbonyl (C=O) groups is 1. The van der Waals surface area contributed by atoms with Gasteiger partial charge in [-0.3, -0.25) is 9.78 Å². The van der Waals surface area contributed by atoms with Crippen molar-refractivity contribution in [2.24, 2.45) is 0 Å². The van der Waals surface area contributed by atoms with Crippen LogP contribution in [0.4, 0.5) is 30.7 Å². The van der Waals surface area contributed by atoms with Crippen molar-refractivity contribution in [2.75, 3.05) is 0 Å². The zero-order chi connectivity index (χ0) is 28.4. The van der Waals surface area contributed by atoms with Gasteiger partial charge in [-0.05, 0) is 60.0 Å². The van der Waals surface area contributed by atoms with Gasteiger partial charge in [0.25, 0.3) is 5.91 Å². The van der Waals surface area contributed by atoms with Crippen LogP contribution in [0.3, 0.4) is 0 Å². The zero-order valence-corrected chi connectivity index (χ0v) is 20.4. The molecule has 1 amide bonds. The number of nitrogens with one attached hydrogen (secondary N) is 1.